The summed E-state index contributed by atoms with van der Waals surface area (Å²) in [6, 6.07) is 3.39. The molecule has 0 unspecified atom stereocenters. The smallest absolute Gasteiger partial charge is 0.247 e. The van der Waals surface area contributed by atoms with E-state index in [4.69, 9.17) is 4.74 Å². The summed E-state index contributed by atoms with van der Waals surface area (Å²) >= 11 is 0. The maximum Gasteiger partial charge on any atom is 0.247 e. The zero-order valence-corrected chi connectivity index (χ0v) is 12.0. The van der Waals surface area contributed by atoms with E-state index < -0.39 is 26.6 Å². The van der Waals surface area contributed by atoms with Crippen molar-refractivity contribution in [2.45, 2.75) is 4.90 Å². The molecule has 1 aromatic rings. The number of anilines is 1. The topological polar surface area (TPSA) is 75.7 Å². The number of carbonyl (C=O) groups is 1. The van der Waals surface area contributed by atoms with Crippen LogP contribution in [0.25, 0.3) is 0 Å². The van der Waals surface area contributed by atoms with E-state index in [0.717, 1.165) is 22.5 Å². The summed E-state index contributed by atoms with van der Waals surface area (Å²) in [4.78, 5) is 10.8. The lowest BCUT2D eigenvalue weighted by atomic mass is 10.3. The summed E-state index contributed by atoms with van der Waals surface area (Å²) in [5.74, 6) is -1.37. The molecule has 1 aliphatic rings. The van der Waals surface area contributed by atoms with Gasteiger partial charge in [-0.15, -0.1) is 0 Å². The van der Waals surface area contributed by atoms with E-state index in [2.05, 4.69) is 11.9 Å². The van der Waals surface area contributed by atoms with Crippen LogP contribution in [0.3, 0.4) is 0 Å². The van der Waals surface area contributed by atoms with Gasteiger partial charge in [-0.1, -0.05) is 6.58 Å². The number of hydrogen-bond donors (Lipinski definition) is 1. The van der Waals surface area contributed by atoms with E-state index in [1.807, 2.05) is 0 Å². The molecule has 0 radical (unpaired) electrons. The molecule has 0 aromatic heterocycles. The summed E-state index contributed by atoms with van der Waals surface area (Å²) in [7, 11) is -3.96. The standard InChI is InChI=1S/C13H15FN2O4S/c1-2-13(17)15-10-3-4-11(14)12(9-10)21(18,19)16-5-7-20-8-6-16/h2-4,9H,1,5-8H2,(H,15,17). The van der Waals surface area contributed by atoms with Crippen LogP contribution in [-0.4, -0.2) is 44.9 Å². The fourth-order valence-electron chi connectivity index (χ4n) is 1.90. The minimum Gasteiger partial charge on any atom is -0.379 e. The molecular formula is C13H15FN2O4S. The fourth-order valence-corrected chi connectivity index (χ4v) is 3.40. The molecule has 0 saturated carbocycles. The van der Waals surface area contributed by atoms with Crippen LogP contribution in [0.4, 0.5) is 10.1 Å². The molecular weight excluding hydrogens is 299 g/mol. The van der Waals surface area contributed by atoms with Crippen LogP contribution >= 0.6 is 0 Å². The lowest BCUT2D eigenvalue weighted by Crippen LogP contribution is -2.40. The van der Waals surface area contributed by atoms with E-state index in [9.17, 15) is 17.6 Å². The molecule has 0 spiro atoms. The normalized spacial score (nSPS) is 16.4. The number of ether oxygens (including phenoxy) is 1. The molecule has 1 aromatic carbocycles. The quantitative estimate of drug-likeness (QED) is 0.840. The Kier molecular flexibility index (Phi) is 4.71. The zero-order chi connectivity index (χ0) is 15.5. The molecule has 1 heterocycles. The predicted molar refractivity (Wildman–Crippen MR) is 74.8 cm³/mol. The number of nitrogens with zero attached hydrogens (tertiary/aromatic N) is 1. The van der Waals surface area contributed by atoms with Crippen molar-refractivity contribution < 1.29 is 22.3 Å². The summed E-state index contributed by atoms with van der Waals surface area (Å²) in [5, 5.41) is 2.40. The number of morpholine rings is 1. The maximum absolute atomic E-state index is 13.9. The summed E-state index contributed by atoms with van der Waals surface area (Å²) in [6.45, 7) is 4.18. The molecule has 114 valence electrons. The molecule has 1 saturated heterocycles. The van der Waals surface area contributed by atoms with Gasteiger partial charge < -0.3 is 10.1 Å². The highest BCUT2D eigenvalue weighted by atomic mass is 32.2. The molecule has 1 fully saturated rings. The molecule has 21 heavy (non-hydrogen) atoms. The van der Waals surface area contributed by atoms with Crippen LogP contribution in [0.15, 0.2) is 35.7 Å². The molecule has 8 heteroatoms. The Hall–Kier alpha value is -1.77. The summed E-state index contributed by atoms with van der Waals surface area (Å²) in [6.07, 6.45) is 1.04. The van der Waals surface area contributed by atoms with Gasteiger partial charge >= 0.3 is 0 Å². The van der Waals surface area contributed by atoms with Gasteiger partial charge in [0.15, 0.2) is 0 Å². The minimum absolute atomic E-state index is 0.172. The number of sulfonamides is 1. The molecule has 1 amide bonds. The Morgan fingerprint density at radius 3 is 2.67 bits per heavy atom. The Morgan fingerprint density at radius 2 is 2.05 bits per heavy atom. The Balaban J connectivity index is 2.35. The Labute approximate surface area is 122 Å². The Bertz CT molecular complexity index is 654. The number of halogens is 1. The van der Waals surface area contributed by atoms with Crippen molar-refractivity contribution in [3.05, 3.63) is 36.7 Å². The second-order valence-electron chi connectivity index (χ2n) is 4.36. The van der Waals surface area contributed by atoms with Gasteiger partial charge in [0.25, 0.3) is 0 Å². The number of rotatable bonds is 4. The van der Waals surface area contributed by atoms with Gasteiger partial charge in [0, 0.05) is 18.8 Å². The van der Waals surface area contributed by atoms with Crippen molar-refractivity contribution in [2.75, 3.05) is 31.6 Å². The third-order valence-electron chi connectivity index (χ3n) is 2.97. The second kappa shape index (κ2) is 6.33. The number of benzene rings is 1. The lowest BCUT2D eigenvalue weighted by molar-refractivity contribution is -0.111. The molecule has 6 nitrogen and oxygen atoms in total. The van der Waals surface area contributed by atoms with Gasteiger partial charge in [-0.25, -0.2) is 12.8 Å². The van der Waals surface area contributed by atoms with Crippen molar-refractivity contribution >= 4 is 21.6 Å². The van der Waals surface area contributed by atoms with Gasteiger partial charge in [0.05, 0.1) is 13.2 Å². The van der Waals surface area contributed by atoms with Gasteiger partial charge in [-0.2, -0.15) is 4.31 Å². The predicted octanol–water partition coefficient (Wildman–Crippen LogP) is 0.971. The fraction of sp³-hybridized carbons (Fsp3) is 0.308. The number of nitrogens with one attached hydrogen (secondary N) is 1. The van der Waals surface area contributed by atoms with Crippen molar-refractivity contribution in [1.29, 1.82) is 0 Å². The largest absolute Gasteiger partial charge is 0.379 e. The third-order valence-corrected chi connectivity index (χ3v) is 4.89. The van der Waals surface area contributed by atoms with E-state index in [-0.39, 0.29) is 32.0 Å². The van der Waals surface area contributed by atoms with Crippen molar-refractivity contribution in [3.8, 4) is 0 Å². The van der Waals surface area contributed by atoms with Crippen LogP contribution in [0, 0.1) is 5.82 Å². The molecule has 0 aliphatic carbocycles. The van der Waals surface area contributed by atoms with E-state index in [0.29, 0.717) is 0 Å². The molecule has 1 N–H and O–H groups in total. The average Bonchev–Trinajstić information content (AvgIpc) is 2.49. The van der Waals surface area contributed by atoms with Gasteiger partial charge in [-0.05, 0) is 24.3 Å². The second-order valence-corrected chi connectivity index (χ2v) is 6.26. The monoisotopic (exact) mass is 314 g/mol. The molecule has 0 atom stereocenters. The van der Waals surface area contributed by atoms with E-state index in [1.54, 1.807) is 0 Å². The van der Waals surface area contributed by atoms with Crippen LogP contribution in [0.5, 0.6) is 0 Å². The van der Waals surface area contributed by atoms with Gasteiger partial charge in [-0.3, -0.25) is 4.79 Å². The van der Waals surface area contributed by atoms with Crippen LogP contribution in [-0.2, 0) is 19.6 Å². The average molecular weight is 314 g/mol. The highest BCUT2D eigenvalue weighted by Crippen LogP contribution is 2.23. The first-order valence-corrected chi connectivity index (χ1v) is 7.70. The van der Waals surface area contributed by atoms with Gasteiger partial charge in [0.2, 0.25) is 15.9 Å². The molecule has 2 rings (SSSR count). The Morgan fingerprint density at radius 1 is 1.38 bits per heavy atom. The maximum atomic E-state index is 13.9. The number of carbonyl (C=O) groups excluding carboxylic acids is 1. The molecule has 0 bridgehead atoms. The highest BCUT2D eigenvalue weighted by molar-refractivity contribution is 7.89. The SMILES string of the molecule is C=CC(=O)Nc1ccc(F)c(S(=O)(=O)N2CCOCC2)c1. The first kappa shape index (κ1) is 15.6. The van der Waals surface area contributed by atoms with Crippen LogP contribution in [0.2, 0.25) is 0 Å². The van der Waals surface area contributed by atoms with Crippen molar-refractivity contribution in [3.63, 3.8) is 0 Å². The first-order chi connectivity index (χ1) is 9.95. The zero-order valence-electron chi connectivity index (χ0n) is 11.2. The minimum atomic E-state index is -3.96. The van der Waals surface area contributed by atoms with Crippen molar-refractivity contribution in [2.24, 2.45) is 0 Å². The van der Waals surface area contributed by atoms with E-state index in [1.165, 1.54) is 6.07 Å². The summed E-state index contributed by atoms with van der Waals surface area (Å²) < 4.78 is 44.9. The highest BCUT2D eigenvalue weighted by Gasteiger charge is 2.29. The lowest BCUT2D eigenvalue weighted by Gasteiger charge is -2.26. The van der Waals surface area contributed by atoms with Crippen LogP contribution in [0.1, 0.15) is 0 Å². The number of hydrogen-bond acceptors (Lipinski definition) is 4. The summed E-state index contributed by atoms with van der Waals surface area (Å²) in [5.41, 5.74) is 0.188. The van der Waals surface area contributed by atoms with E-state index >= 15 is 0 Å². The van der Waals surface area contributed by atoms with Gasteiger partial charge in [0.1, 0.15) is 10.7 Å². The number of amides is 1. The molecule has 1 aliphatic heterocycles. The van der Waals surface area contributed by atoms with Crippen molar-refractivity contribution in [1.82, 2.24) is 4.31 Å². The third kappa shape index (κ3) is 3.46. The first-order valence-electron chi connectivity index (χ1n) is 6.26. The van der Waals surface area contributed by atoms with Crippen LogP contribution < -0.4 is 5.32 Å².